The van der Waals surface area contributed by atoms with Crippen molar-refractivity contribution in [1.29, 1.82) is 0 Å². The summed E-state index contributed by atoms with van der Waals surface area (Å²) in [7, 11) is 0. The van der Waals surface area contributed by atoms with Crippen LogP contribution in [0, 0.1) is 24.5 Å². The number of hydrogen-bond acceptors (Lipinski definition) is 4. The molecule has 0 saturated heterocycles. The van der Waals surface area contributed by atoms with Crippen molar-refractivity contribution in [1.82, 2.24) is 10.3 Å². The van der Waals surface area contributed by atoms with Gasteiger partial charge in [0.15, 0.2) is 5.13 Å². The standard InChI is InChI=1S/C18H21F2N3O2S/c1-5-13-10(4)26-18(21-13)23-17(25)15(9(2)3)22-16(24)14-11(19)7-6-8-12(14)20/h6-9,15H,5H2,1-4H3,(H,22,24)(H,21,23,25). The fourth-order valence-corrected chi connectivity index (χ4v) is 3.36. The average Bonchev–Trinajstić information content (AvgIpc) is 2.91. The van der Waals surface area contributed by atoms with Gasteiger partial charge >= 0.3 is 0 Å². The summed E-state index contributed by atoms with van der Waals surface area (Å²) >= 11 is 1.34. The molecule has 2 rings (SSSR count). The first-order valence-corrected chi connectivity index (χ1v) is 9.08. The first-order chi connectivity index (χ1) is 12.2. The topological polar surface area (TPSA) is 71.1 Å². The van der Waals surface area contributed by atoms with Gasteiger partial charge in [0.1, 0.15) is 23.2 Å². The van der Waals surface area contributed by atoms with Crippen LogP contribution in [0.3, 0.4) is 0 Å². The monoisotopic (exact) mass is 381 g/mol. The predicted molar refractivity (Wildman–Crippen MR) is 97.3 cm³/mol. The van der Waals surface area contributed by atoms with E-state index in [4.69, 9.17) is 0 Å². The smallest absolute Gasteiger partial charge is 0.257 e. The van der Waals surface area contributed by atoms with Gasteiger partial charge in [0, 0.05) is 4.88 Å². The van der Waals surface area contributed by atoms with Crippen LogP contribution in [0.15, 0.2) is 18.2 Å². The summed E-state index contributed by atoms with van der Waals surface area (Å²) in [6, 6.07) is 2.19. The van der Waals surface area contributed by atoms with Gasteiger partial charge in [-0.3, -0.25) is 9.59 Å². The quantitative estimate of drug-likeness (QED) is 0.802. The van der Waals surface area contributed by atoms with Crippen LogP contribution in [-0.4, -0.2) is 22.8 Å². The Labute approximate surface area is 154 Å². The summed E-state index contributed by atoms with van der Waals surface area (Å²) in [5.41, 5.74) is 0.188. The third-order valence-electron chi connectivity index (χ3n) is 3.88. The molecule has 1 aromatic heterocycles. The Morgan fingerprint density at radius 1 is 1.23 bits per heavy atom. The molecular weight excluding hydrogens is 360 g/mol. The summed E-state index contributed by atoms with van der Waals surface area (Å²) in [4.78, 5) is 30.2. The number of hydrogen-bond donors (Lipinski definition) is 2. The number of nitrogens with one attached hydrogen (secondary N) is 2. The van der Waals surface area contributed by atoms with Gasteiger partial charge in [-0.05, 0) is 31.4 Å². The molecule has 0 bridgehead atoms. The van der Waals surface area contributed by atoms with Gasteiger partial charge in [0.2, 0.25) is 5.91 Å². The minimum atomic E-state index is -0.978. The van der Waals surface area contributed by atoms with Crippen molar-refractivity contribution in [3.63, 3.8) is 0 Å². The molecule has 0 saturated carbocycles. The highest BCUT2D eigenvalue weighted by Crippen LogP contribution is 2.23. The maximum absolute atomic E-state index is 13.8. The number of aryl methyl sites for hydroxylation is 2. The van der Waals surface area contributed by atoms with E-state index < -0.39 is 35.1 Å². The first-order valence-electron chi connectivity index (χ1n) is 8.26. The molecule has 1 unspecified atom stereocenters. The molecule has 1 aromatic carbocycles. The molecule has 0 aliphatic rings. The molecule has 8 heteroatoms. The normalized spacial score (nSPS) is 12.1. The molecule has 2 aromatic rings. The van der Waals surface area contributed by atoms with Gasteiger partial charge < -0.3 is 10.6 Å². The van der Waals surface area contributed by atoms with Crippen LogP contribution in [0.1, 0.15) is 41.7 Å². The Kier molecular flexibility index (Phi) is 6.42. The second-order valence-corrected chi connectivity index (χ2v) is 7.36. The predicted octanol–water partition coefficient (Wildman–Crippen LogP) is 3.69. The Morgan fingerprint density at radius 3 is 2.35 bits per heavy atom. The number of benzene rings is 1. The van der Waals surface area contributed by atoms with Crippen LogP contribution in [0.25, 0.3) is 0 Å². The molecule has 140 valence electrons. The van der Waals surface area contributed by atoms with E-state index in [0.29, 0.717) is 5.13 Å². The summed E-state index contributed by atoms with van der Waals surface area (Å²) in [6.07, 6.45) is 0.745. The molecular formula is C18H21F2N3O2S. The summed E-state index contributed by atoms with van der Waals surface area (Å²) in [5, 5.41) is 5.52. The number of carbonyl (C=O) groups is 2. The lowest BCUT2D eigenvalue weighted by molar-refractivity contribution is -0.118. The summed E-state index contributed by atoms with van der Waals surface area (Å²) in [5.74, 6) is -3.71. The number of amides is 2. The highest BCUT2D eigenvalue weighted by Gasteiger charge is 2.28. The van der Waals surface area contributed by atoms with Crippen LogP contribution in [0.5, 0.6) is 0 Å². The molecule has 1 atom stereocenters. The highest BCUT2D eigenvalue weighted by molar-refractivity contribution is 7.15. The van der Waals surface area contributed by atoms with Crippen LogP contribution in [0.4, 0.5) is 13.9 Å². The number of thiazole rings is 1. The van der Waals surface area contributed by atoms with Crippen molar-refractivity contribution in [2.45, 2.75) is 40.2 Å². The van der Waals surface area contributed by atoms with Crippen LogP contribution in [-0.2, 0) is 11.2 Å². The van der Waals surface area contributed by atoms with Gasteiger partial charge in [-0.2, -0.15) is 0 Å². The van der Waals surface area contributed by atoms with Gasteiger partial charge in [0.05, 0.1) is 5.69 Å². The lowest BCUT2D eigenvalue weighted by atomic mass is 10.0. The second-order valence-electron chi connectivity index (χ2n) is 6.16. The molecule has 0 aliphatic carbocycles. The molecule has 0 radical (unpaired) electrons. The molecule has 0 aliphatic heterocycles. The zero-order chi connectivity index (χ0) is 19.4. The molecule has 2 amide bonds. The van der Waals surface area contributed by atoms with E-state index >= 15 is 0 Å². The number of halogens is 2. The minimum absolute atomic E-state index is 0.291. The van der Waals surface area contributed by atoms with Crippen molar-refractivity contribution in [2.75, 3.05) is 5.32 Å². The number of aromatic nitrogens is 1. The fraction of sp³-hybridized carbons (Fsp3) is 0.389. The van der Waals surface area contributed by atoms with Crippen LogP contribution < -0.4 is 10.6 Å². The van der Waals surface area contributed by atoms with E-state index in [2.05, 4.69) is 15.6 Å². The Hall–Kier alpha value is -2.35. The van der Waals surface area contributed by atoms with E-state index in [9.17, 15) is 18.4 Å². The fourth-order valence-electron chi connectivity index (χ4n) is 2.46. The summed E-state index contributed by atoms with van der Waals surface area (Å²) < 4.78 is 27.6. The van der Waals surface area contributed by atoms with Gasteiger partial charge in [-0.25, -0.2) is 13.8 Å². The zero-order valence-electron chi connectivity index (χ0n) is 15.0. The van der Waals surface area contributed by atoms with E-state index in [-0.39, 0.29) is 5.92 Å². The summed E-state index contributed by atoms with van der Waals surface area (Å²) in [6.45, 7) is 7.34. The van der Waals surface area contributed by atoms with Crippen molar-refractivity contribution in [2.24, 2.45) is 5.92 Å². The SMILES string of the molecule is CCc1nc(NC(=O)C(NC(=O)c2c(F)cccc2F)C(C)C)sc1C. The lowest BCUT2D eigenvalue weighted by Gasteiger charge is -2.21. The van der Waals surface area contributed by atoms with Crippen molar-refractivity contribution in [3.8, 4) is 0 Å². The molecule has 2 N–H and O–H groups in total. The molecule has 0 fully saturated rings. The largest absolute Gasteiger partial charge is 0.340 e. The molecule has 26 heavy (non-hydrogen) atoms. The lowest BCUT2D eigenvalue weighted by Crippen LogP contribution is -2.47. The third kappa shape index (κ3) is 4.43. The van der Waals surface area contributed by atoms with Crippen molar-refractivity contribution in [3.05, 3.63) is 46.0 Å². The third-order valence-corrected chi connectivity index (χ3v) is 4.81. The Balaban J connectivity index is 2.17. The number of anilines is 1. The minimum Gasteiger partial charge on any atom is -0.340 e. The highest BCUT2D eigenvalue weighted by atomic mass is 32.1. The van der Waals surface area contributed by atoms with Gasteiger partial charge in [-0.15, -0.1) is 11.3 Å². The maximum atomic E-state index is 13.8. The molecule has 5 nitrogen and oxygen atoms in total. The number of nitrogens with zero attached hydrogens (tertiary/aromatic N) is 1. The number of carbonyl (C=O) groups excluding carboxylic acids is 2. The van der Waals surface area contributed by atoms with Crippen LogP contribution >= 0.6 is 11.3 Å². The Bertz CT molecular complexity index is 801. The number of rotatable bonds is 6. The maximum Gasteiger partial charge on any atom is 0.257 e. The second kappa shape index (κ2) is 8.35. The van der Waals surface area contributed by atoms with E-state index in [0.717, 1.165) is 29.1 Å². The first kappa shape index (κ1) is 20.0. The van der Waals surface area contributed by atoms with Gasteiger partial charge in [-0.1, -0.05) is 26.8 Å². The van der Waals surface area contributed by atoms with Gasteiger partial charge in [0.25, 0.3) is 5.91 Å². The van der Waals surface area contributed by atoms with E-state index in [1.807, 2.05) is 13.8 Å². The average molecular weight is 381 g/mol. The van der Waals surface area contributed by atoms with Crippen molar-refractivity contribution >= 4 is 28.3 Å². The van der Waals surface area contributed by atoms with E-state index in [1.165, 1.54) is 17.4 Å². The van der Waals surface area contributed by atoms with E-state index in [1.54, 1.807) is 13.8 Å². The van der Waals surface area contributed by atoms with Crippen LogP contribution in [0.2, 0.25) is 0 Å². The Morgan fingerprint density at radius 2 is 1.85 bits per heavy atom. The zero-order valence-corrected chi connectivity index (χ0v) is 15.8. The molecule has 0 spiro atoms. The van der Waals surface area contributed by atoms with Crippen molar-refractivity contribution < 1.29 is 18.4 Å². The molecule has 1 heterocycles.